The zero-order chi connectivity index (χ0) is 16.4. The molecule has 0 saturated carbocycles. The first kappa shape index (κ1) is 16.5. The average Bonchev–Trinajstić information content (AvgIpc) is 3.11. The zero-order valence-electron chi connectivity index (χ0n) is 14.2. The van der Waals surface area contributed by atoms with Crippen molar-refractivity contribution in [2.75, 3.05) is 46.5 Å². The van der Waals surface area contributed by atoms with Gasteiger partial charge < -0.3 is 18.8 Å². The van der Waals surface area contributed by atoms with Gasteiger partial charge in [0, 0.05) is 39.3 Å². The molecule has 2 saturated heterocycles. The summed E-state index contributed by atoms with van der Waals surface area (Å²) in [6.07, 6.45) is 0. The van der Waals surface area contributed by atoms with Crippen LogP contribution in [0.2, 0.25) is 0 Å². The van der Waals surface area contributed by atoms with E-state index in [0.29, 0.717) is 35.7 Å². The molecule has 128 valence electrons. The minimum atomic E-state index is 0.0659. The Morgan fingerprint density at radius 2 is 2.09 bits per heavy atom. The van der Waals surface area contributed by atoms with Crippen molar-refractivity contribution in [2.24, 2.45) is 5.92 Å². The van der Waals surface area contributed by atoms with E-state index in [4.69, 9.17) is 13.9 Å². The number of likely N-dealkylation sites (tertiary alicyclic amines) is 1. The average molecular weight is 322 g/mol. The van der Waals surface area contributed by atoms with E-state index in [1.807, 2.05) is 17.9 Å². The lowest BCUT2D eigenvalue weighted by Crippen LogP contribution is -2.47. The molecule has 0 aromatic carbocycles. The molecule has 1 amide bonds. The third-order valence-electron chi connectivity index (χ3n) is 4.86. The smallest absolute Gasteiger partial charge is 0.257 e. The molecule has 6 nitrogen and oxygen atoms in total. The molecule has 3 rings (SSSR count). The number of carbonyl (C=O) groups is 1. The highest BCUT2D eigenvalue weighted by atomic mass is 16.5. The van der Waals surface area contributed by atoms with Crippen LogP contribution in [0.25, 0.3) is 0 Å². The van der Waals surface area contributed by atoms with E-state index in [2.05, 4.69) is 11.8 Å². The van der Waals surface area contributed by atoms with Crippen molar-refractivity contribution >= 4 is 5.91 Å². The van der Waals surface area contributed by atoms with E-state index in [-0.39, 0.29) is 5.91 Å². The molecule has 3 heterocycles. The number of hydrogen-bond donors (Lipinski definition) is 0. The summed E-state index contributed by atoms with van der Waals surface area (Å²) >= 11 is 0. The van der Waals surface area contributed by atoms with Crippen molar-refractivity contribution in [3.8, 4) is 0 Å². The van der Waals surface area contributed by atoms with Crippen LogP contribution in [0.5, 0.6) is 0 Å². The maximum Gasteiger partial charge on any atom is 0.257 e. The standard InChI is InChI=1S/C17H26N2O4/c1-12-9-19(10-16(12)18-4-6-22-7-5-18)17(20)15-8-14(11-21-3)23-13(15)2/h8,12,16H,4-7,9-11H2,1-3H3/t12-,16-/m1/s1. The first-order chi connectivity index (χ1) is 11.1. The summed E-state index contributed by atoms with van der Waals surface area (Å²) in [4.78, 5) is 17.3. The molecule has 0 aliphatic carbocycles. The monoisotopic (exact) mass is 322 g/mol. The third kappa shape index (κ3) is 3.44. The van der Waals surface area contributed by atoms with Gasteiger partial charge in [0.25, 0.3) is 5.91 Å². The largest absolute Gasteiger partial charge is 0.463 e. The fourth-order valence-electron chi connectivity index (χ4n) is 3.64. The fourth-order valence-corrected chi connectivity index (χ4v) is 3.64. The Hall–Kier alpha value is -1.37. The van der Waals surface area contributed by atoms with Gasteiger partial charge in [0.1, 0.15) is 18.1 Å². The summed E-state index contributed by atoms with van der Waals surface area (Å²) in [6, 6.07) is 2.24. The molecular formula is C17H26N2O4. The van der Waals surface area contributed by atoms with Crippen molar-refractivity contribution in [2.45, 2.75) is 26.5 Å². The second-order valence-corrected chi connectivity index (χ2v) is 6.52. The fraction of sp³-hybridized carbons (Fsp3) is 0.706. The van der Waals surface area contributed by atoms with Crippen LogP contribution in [0.1, 0.15) is 28.8 Å². The number of hydrogen-bond acceptors (Lipinski definition) is 5. The molecule has 2 fully saturated rings. The summed E-state index contributed by atoms with van der Waals surface area (Å²) in [7, 11) is 1.62. The van der Waals surface area contributed by atoms with Crippen LogP contribution in [-0.4, -0.2) is 68.3 Å². The van der Waals surface area contributed by atoms with Crippen molar-refractivity contribution in [1.82, 2.24) is 9.80 Å². The second-order valence-electron chi connectivity index (χ2n) is 6.52. The molecule has 1 aromatic heterocycles. The van der Waals surface area contributed by atoms with Gasteiger partial charge in [0.2, 0.25) is 0 Å². The van der Waals surface area contributed by atoms with Gasteiger partial charge in [-0.1, -0.05) is 6.92 Å². The molecule has 0 spiro atoms. The Bertz CT molecular complexity index is 551. The molecule has 2 aliphatic heterocycles. The second kappa shape index (κ2) is 7.03. The minimum Gasteiger partial charge on any atom is -0.463 e. The van der Waals surface area contributed by atoms with E-state index in [0.717, 1.165) is 39.4 Å². The Labute approximate surface area is 137 Å². The molecular weight excluding hydrogens is 296 g/mol. The van der Waals surface area contributed by atoms with Crippen LogP contribution >= 0.6 is 0 Å². The van der Waals surface area contributed by atoms with Crippen LogP contribution in [0, 0.1) is 12.8 Å². The van der Waals surface area contributed by atoms with Gasteiger partial charge in [0.05, 0.1) is 18.8 Å². The molecule has 23 heavy (non-hydrogen) atoms. The van der Waals surface area contributed by atoms with Crippen molar-refractivity contribution in [1.29, 1.82) is 0 Å². The molecule has 0 N–H and O–H groups in total. The van der Waals surface area contributed by atoms with Gasteiger partial charge >= 0.3 is 0 Å². The number of carbonyl (C=O) groups excluding carboxylic acids is 1. The van der Waals surface area contributed by atoms with Crippen LogP contribution in [0.4, 0.5) is 0 Å². The highest BCUT2D eigenvalue weighted by Crippen LogP contribution is 2.26. The Morgan fingerprint density at radius 1 is 1.35 bits per heavy atom. The topological polar surface area (TPSA) is 55.2 Å². The predicted octanol–water partition coefficient (Wildman–Crippen LogP) is 1.53. The first-order valence-electron chi connectivity index (χ1n) is 8.29. The van der Waals surface area contributed by atoms with Gasteiger partial charge in [0.15, 0.2) is 0 Å². The zero-order valence-corrected chi connectivity index (χ0v) is 14.2. The summed E-state index contributed by atoms with van der Waals surface area (Å²) in [5.74, 6) is 1.91. The van der Waals surface area contributed by atoms with Crippen molar-refractivity contribution in [3.05, 3.63) is 23.2 Å². The Morgan fingerprint density at radius 3 is 2.78 bits per heavy atom. The van der Waals surface area contributed by atoms with E-state index >= 15 is 0 Å². The molecule has 6 heteroatoms. The SMILES string of the molecule is COCc1cc(C(=O)N2C[C@@H](C)[C@H](N3CCOCC3)C2)c(C)o1. The van der Waals surface area contributed by atoms with Gasteiger partial charge in [-0.15, -0.1) is 0 Å². The number of nitrogens with zero attached hydrogens (tertiary/aromatic N) is 2. The molecule has 0 radical (unpaired) electrons. The third-order valence-corrected chi connectivity index (χ3v) is 4.86. The maximum absolute atomic E-state index is 12.8. The molecule has 0 unspecified atom stereocenters. The summed E-state index contributed by atoms with van der Waals surface area (Å²) in [5, 5.41) is 0. The predicted molar refractivity (Wildman–Crippen MR) is 85.4 cm³/mol. The van der Waals surface area contributed by atoms with Crippen LogP contribution in [0.15, 0.2) is 10.5 Å². The molecule has 2 atom stereocenters. The number of amides is 1. The quantitative estimate of drug-likeness (QED) is 0.841. The summed E-state index contributed by atoms with van der Waals surface area (Å²) in [6.45, 7) is 9.53. The van der Waals surface area contributed by atoms with Gasteiger partial charge in [-0.2, -0.15) is 0 Å². The number of methoxy groups -OCH3 is 1. The van der Waals surface area contributed by atoms with Crippen molar-refractivity contribution < 1.29 is 18.7 Å². The minimum absolute atomic E-state index is 0.0659. The summed E-state index contributed by atoms with van der Waals surface area (Å²) < 4.78 is 16.1. The van der Waals surface area contributed by atoms with E-state index < -0.39 is 0 Å². The Balaban J connectivity index is 1.68. The van der Waals surface area contributed by atoms with E-state index in [9.17, 15) is 4.79 Å². The highest BCUT2D eigenvalue weighted by molar-refractivity contribution is 5.95. The van der Waals surface area contributed by atoms with Crippen molar-refractivity contribution in [3.63, 3.8) is 0 Å². The lowest BCUT2D eigenvalue weighted by Gasteiger charge is -2.33. The lowest BCUT2D eigenvalue weighted by atomic mass is 10.0. The molecule has 0 bridgehead atoms. The van der Waals surface area contributed by atoms with Crippen LogP contribution in [0.3, 0.4) is 0 Å². The first-order valence-corrected chi connectivity index (χ1v) is 8.29. The van der Waals surface area contributed by atoms with Gasteiger partial charge in [-0.05, 0) is 18.9 Å². The normalized spacial score (nSPS) is 26.0. The van der Waals surface area contributed by atoms with Crippen LogP contribution in [-0.2, 0) is 16.1 Å². The van der Waals surface area contributed by atoms with Gasteiger partial charge in [-0.25, -0.2) is 0 Å². The van der Waals surface area contributed by atoms with Gasteiger partial charge in [-0.3, -0.25) is 9.69 Å². The number of rotatable bonds is 4. The number of ether oxygens (including phenoxy) is 2. The number of aryl methyl sites for hydroxylation is 1. The maximum atomic E-state index is 12.8. The van der Waals surface area contributed by atoms with Crippen LogP contribution < -0.4 is 0 Å². The Kier molecular flexibility index (Phi) is 5.04. The number of furan rings is 1. The summed E-state index contributed by atoms with van der Waals surface area (Å²) in [5.41, 5.74) is 0.659. The van der Waals surface area contributed by atoms with E-state index in [1.165, 1.54) is 0 Å². The molecule has 2 aliphatic rings. The van der Waals surface area contributed by atoms with E-state index in [1.54, 1.807) is 7.11 Å². The number of morpholine rings is 1. The lowest BCUT2D eigenvalue weighted by molar-refractivity contribution is 0.0119. The molecule has 1 aromatic rings. The highest BCUT2D eigenvalue weighted by Gasteiger charge is 2.37.